The van der Waals surface area contributed by atoms with Crippen molar-refractivity contribution in [2.75, 3.05) is 20.3 Å². The van der Waals surface area contributed by atoms with Crippen molar-refractivity contribution in [3.05, 3.63) is 81.9 Å². The Bertz CT molecular complexity index is 1660. The lowest BCUT2D eigenvalue weighted by Crippen LogP contribution is -2.43. The van der Waals surface area contributed by atoms with Crippen molar-refractivity contribution < 1.29 is 24.1 Å². The number of pyridine rings is 1. The lowest BCUT2D eigenvalue weighted by atomic mass is 9.89. The molecule has 42 heavy (non-hydrogen) atoms. The van der Waals surface area contributed by atoms with E-state index in [0.29, 0.717) is 50.3 Å². The summed E-state index contributed by atoms with van der Waals surface area (Å²) < 4.78 is 19.2. The monoisotopic (exact) mass is 590 g/mol. The van der Waals surface area contributed by atoms with Gasteiger partial charge in [-0.3, -0.25) is 4.79 Å². The molecule has 0 saturated heterocycles. The average Bonchev–Trinajstić information content (AvgIpc) is 3.92. The summed E-state index contributed by atoms with van der Waals surface area (Å²) in [5.74, 6) is -0.401. The van der Waals surface area contributed by atoms with Crippen LogP contribution in [0.15, 0.2) is 48.5 Å². The van der Waals surface area contributed by atoms with Gasteiger partial charge in [0.15, 0.2) is 0 Å². The molecule has 2 aliphatic rings. The number of hydrogen-bond acceptors (Lipinski definition) is 7. The normalized spacial score (nSPS) is 17.1. The molecule has 0 radical (unpaired) electrons. The minimum atomic E-state index is -1.50. The Hall–Kier alpha value is -3.66. The fourth-order valence-electron chi connectivity index (χ4n) is 5.36. The van der Waals surface area contributed by atoms with Crippen molar-refractivity contribution in [2.24, 2.45) is 5.92 Å². The van der Waals surface area contributed by atoms with Gasteiger partial charge in [0.2, 0.25) is 0 Å². The van der Waals surface area contributed by atoms with Crippen molar-refractivity contribution in [1.29, 1.82) is 0 Å². The van der Waals surface area contributed by atoms with E-state index in [2.05, 4.69) is 15.5 Å². The third-order valence-corrected chi connectivity index (χ3v) is 8.67. The molecule has 2 aromatic heterocycles. The molecule has 218 valence electrons. The quantitative estimate of drug-likeness (QED) is 0.223. The van der Waals surface area contributed by atoms with Crippen LogP contribution in [-0.2, 0) is 5.60 Å². The van der Waals surface area contributed by atoms with Gasteiger partial charge < -0.3 is 20.3 Å². The van der Waals surface area contributed by atoms with E-state index in [-0.39, 0.29) is 30.9 Å². The van der Waals surface area contributed by atoms with Gasteiger partial charge in [0.1, 0.15) is 22.7 Å². The van der Waals surface area contributed by atoms with Gasteiger partial charge in [0.25, 0.3) is 5.91 Å². The van der Waals surface area contributed by atoms with Gasteiger partial charge >= 0.3 is 0 Å². The topological polar surface area (TPSA) is 117 Å². The molecule has 1 amide bonds. The number of benzene rings is 2. The van der Waals surface area contributed by atoms with E-state index >= 15 is 0 Å². The van der Waals surface area contributed by atoms with E-state index in [4.69, 9.17) is 21.3 Å². The van der Waals surface area contributed by atoms with Gasteiger partial charge in [-0.05, 0) is 85.7 Å². The number of halogens is 2. The highest BCUT2D eigenvalue weighted by molar-refractivity contribution is 6.33. The third kappa shape index (κ3) is 5.44. The Morgan fingerprint density at radius 1 is 1.14 bits per heavy atom. The molecule has 2 atom stereocenters. The first-order valence-electron chi connectivity index (χ1n) is 14.2. The summed E-state index contributed by atoms with van der Waals surface area (Å²) in [5, 5.41) is 34.7. The molecular formula is C32H32ClFN4O4. The number of nitrogens with zero attached hydrogens (tertiary/aromatic N) is 3. The number of amides is 1. The van der Waals surface area contributed by atoms with Crippen LogP contribution in [0.1, 0.15) is 71.8 Å². The van der Waals surface area contributed by atoms with Crippen LogP contribution in [0, 0.1) is 11.7 Å². The highest BCUT2D eigenvalue weighted by Gasteiger charge is 2.47. The third-order valence-electron chi connectivity index (χ3n) is 8.27. The lowest BCUT2D eigenvalue weighted by molar-refractivity contribution is 0.00947. The molecule has 0 spiro atoms. The average molecular weight is 591 g/mol. The highest BCUT2D eigenvalue weighted by atomic mass is 35.5. The zero-order chi connectivity index (χ0) is 29.6. The number of aliphatic hydroxyl groups excluding tert-OH is 1. The molecule has 10 heteroatoms. The largest absolute Gasteiger partial charge is 0.494 e. The van der Waals surface area contributed by atoms with Gasteiger partial charge in [-0.2, -0.15) is 5.10 Å². The van der Waals surface area contributed by atoms with E-state index in [1.165, 1.54) is 19.2 Å². The summed E-state index contributed by atoms with van der Waals surface area (Å²) in [7, 11) is 1.52. The van der Waals surface area contributed by atoms with Gasteiger partial charge in [0.05, 0.1) is 35.8 Å². The number of aromatic nitrogens is 3. The number of nitrogens with one attached hydrogen (secondary N) is 1. The summed E-state index contributed by atoms with van der Waals surface area (Å²) in [4.78, 5) is 18.2. The Labute approximate surface area is 247 Å². The molecule has 8 nitrogen and oxygen atoms in total. The number of carbonyl (C=O) groups excluding carboxylic acids is 1. The second-order valence-electron chi connectivity index (χ2n) is 11.4. The number of aliphatic hydroxyl groups is 2. The van der Waals surface area contributed by atoms with Gasteiger partial charge in [-0.25, -0.2) is 9.37 Å². The van der Waals surface area contributed by atoms with Gasteiger partial charge in [-0.15, -0.1) is 5.10 Å². The maximum atomic E-state index is 13.7. The Kier molecular flexibility index (Phi) is 7.59. The minimum absolute atomic E-state index is 0.0940. The van der Waals surface area contributed by atoms with Crippen LogP contribution in [-0.4, -0.2) is 51.6 Å². The van der Waals surface area contributed by atoms with E-state index in [1.54, 1.807) is 30.3 Å². The summed E-state index contributed by atoms with van der Waals surface area (Å²) in [6, 6.07) is 12.8. The van der Waals surface area contributed by atoms with Crippen molar-refractivity contribution in [3.63, 3.8) is 0 Å². The van der Waals surface area contributed by atoms with Crippen LogP contribution in [0.4, 0.5) is 4.39 Å². The predicted octanol–water partition coefficient (Wildman–Crippen LogP) is 5.49. The SMILES string of the molecule is COc1cc(C(=O)NCC(O)(c2cc(C(C)CO)c(Cl)c(-c3ccc(F)cc3)n2)C2CC2)cc2cc(C3CC3)nnc12. The molecule has 6 rings (SSSR count). The first kappa shape index (κ1) is 28.5. The lowest BCUT2D eigenvalue weighted by Gasteiger charge is -2.30. The van der Waals surface area contributed by atoms with Crippen molar-refractivity contribution in [1.82, 2.24) is 20.5 Å². The molecule has 0 bridgehead atoms. The fourth-order valence-corrected chi connectivity index (χ4v) is 5.75. The van der Waals surface area contributed by atoms with Gasteiger partial charge in [-0.1, -0.05) is 18.5 Å². The first-order valence-corrected chi connectivity index (χ1v) is 14.5. The van der Waals surface area contributed by atoms with Crippen LogP contribution < -0.4 is 10.1 Å². The Morgan fingerprint density at radius 2 is 1.88 bits per heavy atom. The van der Waals surface area contributed by atoms with E-state index < -0.39 is 11.4 Å². The van der Waals surface area contributed by atoms with Crippen LogP contribution in [0.3, 0.4) is 0 Å². The number of methoxy groups -OCH3 is 1. The summed E-state index contributed by atoms with van der Waals surface area (Å²) in [6.07, 6.45) is 3.69. The van der Waals surface area contributed by atoms with Gasteiger partial charge in [0, 0.05) is 35.0 Å². The number of fused-ring (bicyclic) bond motifs is 1. The second kappa shape index (κ2) is 11.2. The fraction of sp³-hybridized carbons (Fsp3) is 0.375. The van der Waals surface area contributed by atoms with Crippen LogP contribution in [0.2, 0.25) is 5.02 Å². The second-order valence-corrected chi connectivity index (χ2v) is 11.8. The molecular weight excluding hydrogens is 559 g/mol. The molecule has 2 aromatic carbocycles. The Morgan fingerprint density at radius 3 is 2.52 bits per heavy atom. The van der Waals surface area contributed by atoms with E-state index in [9.17, 15) is 19.4 Å². The number of hydrogen-bond donors (Lipinski definition) is 3. The standard InChI is InChI=1S/C32H32ClFN4O4/c1-17(15-39)24-14-27(36-30(28(24)33)19-5-9-23(34)10-6-19)32(41,22-7-8-22)16-35-31(40)21-11-20-12-25(18-3-4-18)37-38-29(20)26(13-21)42-2/h5-6,9-14,17-18,22,39,41H,3-4,7-8,15-16H2,1-2H3,(H,35,40). The maximum Gasteiger partial charge on any atom is 0.251 e. The summed E-state index contributed by atoms with van der Waals surface area (Å²) in [5.41, 5.74) is 2.27. The zero-order valence-electron chi connectivity index (χ0n) is 23.4. The zero-order valence-corrected chi connectivity index (χ0v) is 24.2. The maximum absolute atomic E-state index is 13.7. The molecule has 3 N–H and O–H groups in total. The molecule has 2 fully saturated rings. The predicted molar refractivity (Wildman–Crippen MR) is 157 cm³/mol. The molecule has 2 heterocycles. The van der Waals surface area contributed by atoms with E-state index in [0.717, 1.165) is 36.8 Å². The van der Waals surface area contributed by atoms with Crippen molar-refractivity contribution in [3.8, 4) is 17.0 Å². The van der Waals surface area contributed by atoms with Crippen LogP contribution >= 0.6 is 11.6 Å². The van der Waals surface area contributed by atoms with Crippen LogP contribution in [0.5, 0.6) is 5.75 Å². The Balaban J connectivity index is 1.34. The summed E-state index contributed by atoms with van der Waals surface area (Å²) in [6.45, 7) is 1.56. The minimum Gasteiger partial charge on any atom is -0.494 e. The van der Waals surface area contributed by atoms with Crippen LogP contribution in [0.25, 0.3) is 22.2 Å². The van der Waals surface area contributed by atoms with Crippen molar-refractivity contribution >= 4 is 28.4 Å². The molecule has 2 unspecified atom stereocenters. The summed E-state index contributed by atoms with van der Waals surface area (Å²) >= 11 is 6.75. The number of ether oxygens (including phenoxy) is 1. The molecule has 0 aliphatic heterocycles. The van der Waals surface area contributed by atoms with Crippen molar-refractivity contribution in [2.45, 2.75) is 50.0 Å². The smallest absolute Gasteiger partial charge is 0.251 e. The van der Waals surface area contributed by atoms with E-state index in [1.807, 2.05) is 13.0 Å². The molecule has 4 aromatic rings. The number of rotatable bonds is 10. The highest BCUT2D eigenvalue weighted by Crippen LogP contribution is 2.47. The first-order chi connectivity index (χ1) is 20.2. The molecule has 2 aliphatic carbocycles. The molecule has 2 saturated carbocycles. The number of carbonyl (C=O) groups is 1.